The monoisotopic (exact) mass is 348 g/mol. The van der Waals surface area contributed by atoms with Crippen LogP contribution >= 0.6 is 22.0 Å². The van der Waals surface area contributed by atoms with E-state index < -0.39 is 9.05 Å². The SMILES string of the molecule is Cc1nc(C)c(C(=O)NCCc2ccc(S(=O)(=O)Cl)s2)o1. The summed E-state index contributed by atoms with van der Waals surface area (Å²) < 4.78 is 27.6. The topological polar surface area (TPSA) is 89.3 Å². The Kier molecular flexibility index (Phi) is 4.70. The van der Waals surface area contributed by atoms with Gasteiger partial charge in [0.1, 0.15) is 4.21 Å². The molecule has 9 heteroatoms. The molecule has 0 aliphatic heterocycles. The molecule has 6 nitrogen and oxygen atoms in total. The highest BCUT2D eigenvalue weighted by Crippen LogP contribution is 2.24. The number of rotatable bonds is 5. The Morgan fingerprint density at radius 1 is 1.43 bits per heavy atom. The lowest BCUT2D eigenvalue weighted by Gasteiger charge is -2.01. The Bertz CT molecular complexity index is 764. The van der Waals surface area contributed by atoms with Crippen LogP contribution in [0.2, 0.25) is 0 Å². The summed E-state index contributed by atoms with van der Waals surface area (Å²) in [5, 5.41) is 2.70. The first-order chi connectivity index (χ1) is 9.77. The van der Waals surface area contributed by atoms with Crippen LogP contribution in [0.5, 0.6) is 0 Å². The van der Waals surface area contributed by atoms with Gasteiger partial charge in [-0.25, -0.2) is 13.4 Å². The highest BCUT2D eigenvalue weighted by atomic mass is 35.7. The number of hydrogen-bond acceptors (Lipinski definition) is 6. The van der Waals surface area contributed by atoms with Gasteiger partial charge in [0.15, 0.2) is 5.89 Å². The Hall–Kier alpha value is -1.38. The van der Waals surface area contributed by atoms with Gasteiger partial charge in [-0.2, -0.15) is 0 Å². The van der Waals surface area contributed by atoms with E-state index in [1.54, 1.807) is 19.9 Å². The molecule has 0 radical (unpaired) electrons. The van der Waals surface area contributed by atoms with Crippen molar-refractivity contribution in [2.45, 2.75) is 24.5 Å². The number of oxazole rings is 1. The quantitative estimate of drug-likeness (QED) is 0.837. The molecule has 0 bridgehead atoms. The van der Waals surface area contributed by atoms with E-state index in [0.717, 1.165) is 16.2 Å². The summed E-state index contributed by atoms with van der Waals surface area (Å²) in [5.41, 5.74) is 0.539. The maximum absolute atomic E-state index is 11.9. The van der Waals surface area contributed by atoms with E-state index in [2.05, 4.69) is 10.3 Å². The first-order valence-corrected chi connectivity index (χ1v) is 9.15. The van der Waals surface area contributed by atoms with Crippen LogP contribution < -0.4 is 5.32 Å². The molecule has 2 aromatic heterocycles. The van der Waals surface area contributed by atoms with E-state index in [-0.39, 0.29) is 15.9 Å². The largest absolute Gasteiger partial charge is 0.436 e. The number of aryl methyl sites for hydroxylation is 2. The molecular weight excluding hydrogens is 336 g/mol. The van der Waals surface area contributed by atoms with Gasteiger partial charge in [0, 0.05) is 29.0 Å². The minimum absolute atomic E-state index is 0.104. The molecule has 0 saturated carbocycles. The summed E-state index contributed by atoms with van der Waals surface area (Å²) in [6, 6.07) is 3.13. The van der Waals surface area contributed by atoms with Crippen LogP contribution in [0.4, 0.5) is 0 Å². The van der Waals surface area contributed by atoms with Crippen molar-refractivity contribution in [3.05, 3.63) is 34.4 Å². The highest BCUT2D eigenvalue weighted by Gasteiger charge is 2.16. The van der Waals surface area contributed by atoms with Crippen molar-refractivity contribution < 1.29 is 17.6 Å². The number of aromatic nitrogens is 1. The van der Waals surface area contributed by atoms with Gasteiger partial charge in [0.05, 0.1) is 5.69 Å². The third kappa shape index (κ3) is 4.05. The lowest BCUT2D eigenvalue weighted by molar-refractivity contribution is 0.0924. The second kappa shape index (κ2) is 6.17. The lowest BCUT2D eigenvalue weighted by atomic mass is 10.3. The summed E-state index contributed by atoms with van der Waals surface area (Å²) in [7, 11) is 1.56. The van der Waals surface area contributed by atoms with Crippen LogP contribution in [-0.4, -0.2) is 25.9 Å². The number of amides is 1. The van der Waals surface area contributed by atoms with Crippen molar-refractivity contribution >= 4 is 37.0 Å². The first-order valence-electron chi connectivity index (χ1n) is 6.03. The number of carbonyl (C=O) groups excluding carboxylic acids is 1. The fourth-order valence-corrected chi connectivity index (χ4v) is 3.87. The standard InChI is InChI=1S/C12H13ClN2O4S2/c1-7-11(19-8(2)15-7)12(16)14-6-5-9-3-4-10(20-9)21(13,17)18/h3-4H,5-6H2,1-2H3,(H,14,16). The molecule has 2 aromatic rings. The van der Waals surface area contributed by atoms with E-state index in [1.807, 2.05) is 0 Å². The summed E-state index contributed by atoms with van der Waals surface area (Å²) in [6.45, 7) is 3.73. The van der Waals surface area contributed by atoms with Crippen molar-refractivity contribution in [2.24, 2.45) is 0 Å². The molecule has 0 spiro atoms. The molecule has 0 aromatic carbocycles. The summed E-state index contributed by atoms with van der Waals surface area (Å²) in [5.74, 6) is 0.297. The zero-order valence-electron chi connectivity index (χ0n) is 11.3. The van der Waals surface area contributed by atoms with Crippen LogP contribution in [0.1, 0.15) is 27.0 Å². The van der Waals surface area contributed by atoms with E-state index in [4.69, 9.17) is 15.1 Å². The summed E-state index contributed by atoms with van der Waals surface area (Å²) in [4.78, 5) is 16.7. The van der Waals surface area contributed by atoms with E-state index in [0.29, 0.717) is 24.6 Å². The van der Waals surface area contributed by atoms with E-state index >= 15 is 0 Å². The maximum Gasteiger partial charge on any atom is 0.289 e. The molecule has 0 atom stereocenters. The Balaban J connectivity index is 1.91. The predicted octanol–water partition coefficient (Wildman–Crippen LogP) is 2.25. The van der Waals surface area contributed by atoms with Crippen LogP contribution in [-0.2, 0) is 15.5 Å². The first kappa shape index (κ1) is 16.0. The third-order valence-electron chi connectivity index (χ3n) is 2.64. The van der Waals surface area contributed by atoms with Gasteiger partial charge in [-0.15, -0.1) is 11.3 Å². The van der Waals surface area contributed by atoms with Crippen molar-refractivity contribution in [3.63, 3.8) is 0 Å². The van der Waals surface area contributed by atoms with Gasteiger partial charge in [-0.3, -0.25) is 4.79 Å². The highest BCUT2D eigenvalue weighted by molar-refractivity contribution is 8.15. The number of halogens is 1. The molecular formula is C12H13ClN2O4S2. The molecule has 0 aliphatic rings. The van der Waals surface area contributed by atoms with Gasteiger partial charge in [-0.05, 0) is 25.5 Å². The number of thiophene rings is 1. The average molecular weight is 349 g/mol. The zero-order chi connectivity index (χ0) is 15.6. The van der Waals surface area contributed by atoms with Crippen LogP contribution in [0, 0.1) is 13.8 Å². The Morgan fingerprint density at radius 2 is 2.14 bits per heavy atom. The van der Waals surface area contributed by atoms with Crippen molar-refractivity contribution in [1.82, 2.24) is 10.3 Å². The molecule has 0 fully saturated rings. The minimum Gasteiger partial charge on any atom is -0.436 e. The van der Waals surface area contributed by atoms with Crippen molar-refractivity contribution in [2.75, 3.05) is 6.54 Å². The van der Waals surface area contributed by atoms with E-state index in [9.17, 15) is 13.2 Å². The number of nitrogens with zero attached hydrogens (tertiary/aromatic N) is 1. The molecule has 0 unspecified atom stereocenters. The fourth-order valence-electron chi connectivity index (χ4n) is 1.75. The molecule has 114 valence electrons. The van der Waals surface area contributed by atoms with Gasteiger partial charge in [0.25, 0.3) is 15.0 Å². The summed E-state index contributed by atoms with van der Waals surface area (Å²) >= 11 is 1.09. The van der Waals surface area contributed by atoms with Gasteiger partial charge < -0.3 is 9.73 Å². The Labute approximate surface area is 130 Å². The van der Waals surface area contributed by atoms with Crippen molar-refractivity contribution in [3.8, 4) is 0 Å². The van der Waals surface area contributed by atoms with E-state index in [1.165, 1.54) is 6.07 Å². The van der Waals surface area contributed by atoms with Crippen LogP contribution in [0.3, 0.4) is 0 Å². The smallest absolute Gasteiger partial charge is 0.289 e. The maximum atomic E-state index is 11.9. The molecule has 21 heavy (non-hydrogen) atoms. The van der Waals surface area contributed by atoms with Crippen molar-refractivity contribution in [1.29, 1.82) is 0 Å². The normalized spacial score (nSPS) is 11.6. The third-order valence-corrected chi connectivity index (χ3v) is 5.88. The summed E-state index contributed by atoms with van der Waals surface area (Å²) in [6.07, 6.45) is 0.509. The second-order valence-electron chi connectivity index (χ2n) is 4.31. The predicted molar refractivity (Wildman–Crippen MR) is 79.4 cm³/mol. The molecule has 0 saturated heterocycles. The van der Waals surface area contributed by atoms with Gasteiger partial charge in [-0.1, -0.05) is 0 Å². The number of nitrogens with one attached hydrogen (secondary N) is 1. The van der Waals surface area contributed by atoms with Gasteiger partial charge >= 0.3 is 0 Å². The number of carbonyl (C=O) groups is 1. The molecule has 2 heterocycles. The minimum atomic E-state index is -3.69. The zero-order valence-corrected chi connectivity index (χ0v) is 13.7. The second-order valence-corrected chi connectivity index (χ2v) is 8.27. The molecule has 0 aliphatic carbocycles. The average Bonchev–Trinajstić information content (AvgIpc) is 2.95. The Morgan fingerprint density at radius 3 is 2.67 bits per heavy atom. The molecule has 1 amide bonds. The fraction of sp³-hybridized carbons (Fsp3) is 0.333. The number of hydrogen-bond donors (Lipinski definition) is 1. The van der Waals surface area contributed by atoms with Crippen LogP contribution in [0.25, 0.3) is 0 Å². The molecule has 1 N–H and O–H groups in total. The molecule has 2 rings (SSSR count). The lowest BCUT2D eigenvalue weighted by Crippen LogP contribution is -2.25. The van der Waals surface area contributed by atoms with Crippen LogP contribution in [0.15, 0.2) is 20.8 Å². The van der Waals surface area contributed by atoms with Gasteiger partial charge in [0.2, 0.25) is 5.76 Å².